The number of carbonyl (C=O) groups excluding carboxylic acids is 1. The lowest BCUT2D eigenvalue weighted by Crippen LogP contribution is -2.38. The van der Waals surface area contributed by atoms with Gasteiger partial charge in [-0.2, -0.15) is 5.10 Å². The molecule has 1 aromatic carbocycles. The number of hydrazone groups is 1. The minimum Gasteiger partial charge on any atom is -0.353 e. The summed E-state index contributed by atoms with van der Waals surface area (Å²) in [5.41, 5.74) is 1.70. The van der Waals surface area contributed by atoms with Crippen molar-refractivity contribution in [1.82, 2.24) is 20.6 Å². The Morgan fingerprint density at radius 3 is 2.83 bits per heavy atom. The van der Waals surface area contributed by atoms with E-state index < -0.39 is 23.2 Å². The smallest absolute Gasteiger partial charge is 0.342 e. The Bertz CT molecular complexity index is 844. The molecule has 0 saturated carbocycles. The van der Waals surface area contributed by atoms with Gasteiger partial charge in [-0.15, -0.1) is 5.10 Å². The second-order valence-corrected chi connectivity index (χ2v) is 5.33. The summed E-state index contributed by atoms with van der Waals surface area (Å²) < 4.78 is 0.841. The molecule has 1 heterocycles. The molecule has 10 heteroatoms. The molecule has 0 aliphatic heterocycles. The zero-order chi connectivity index (χ0) is 16.8. The predicted octanol–water partition coefficient (Wildman–Crippen LogP) is 0.171. The number of aromatic nitrogens is 3. The molecular formula is C13H13BrN6O3. The predicted molar refractivity (Wildman–Crippen MR) is 88.4 cm³/mol. The van der Waals surface area contributed by atoms with Gasteiger partial charge in [0.1, 0.15) is 6.04 Å². The number of amides is 1. The Morgan fingerprint density at radius 1 is 1.39 bits per heavy atom. The van der Waals surface area contributed by atoms with Crippen molar-refractivity contribution >= 4 is 33.9 Å². The van der Waals surface area contributed by atoms with Crippen molar-refractivity contribution in [3.05, 3.63) is 55.1 Å². The van der Waals surface area contributed by atoms with E-state index >= 15 is 0 Å². The van der Waals surface area contributed by atoms with Crippen molar-refractivity contribution in [3.8, 4) is 0 Å². The van der Waals surface area contributed by atoms with Crippen LogP contribution in [0.1, 0.15) is 12.5 Å². The monoisotopic (exact) mass is 380 g/mol. The second-order valence-electron chi connectivity index (χ2n) is 4.48. The summed E-state index contributed by atoms with van der Waals surface area (Å²) in [6, 6.07) is 6.59. The molecular weight excluding hydrogens is 368 g/mol. The Labute approximate surface area is 138 Å². The number of hydrogen-bond donors (Lipinski definition) is 4. The van der Waals surface area contributed by atoms with Gasteiger partial charge in [-0.1, -0.05) is 34.1 Å². The SMILES string of the molecule is CC(Nc1n[nH]c(=O)[nH]c1=O)C(=O)N/N=C/c1ccccc1Br. The van der Waals surface area contributed by atoms with Gasteiger partial charge in [0.05, 0.1) is 6.21 Å². The van der Waals surface area contributed by atoms with Gasteiger partial charge in [0.2, 0.25) is 5.82 Å². The van der Waals surface area contributed by atoms with E-state index in [-0.39, 0.29) is 5.82 Å². The van der Waals surface area contributed by atoms with E-state index in [9.17, 15) is 14.4 Å². The average Bonchev–Trinajstić information content (AvgIpc) is 2.51. The maximum Gasteiger partial charge on any atom is 0.342 e. The first-order valence-corrected chi connectivity index (χ1v) is 7.29. The van der Waals surface area contributed by atoms with Gasteiger partial charge in [0, 0.05) is 10.0 Å². The maximum atomic E-state index is 11.9. The lowest BCUT2D eigenvalue weighted by Gasteiger charge is -2.11. The minimum absolute atomic E-state index is 0.165. The van der Waals surface area contributed by atoms with Crippen LogP contribution in [0, 0.1) is 0 Å². The van der Waals surface area contributed by atoms with Gasteiger partial charge in [0.25, 0.3) is 11.5 Å². The highest BCUT2D eigenvalue weighted by Gasteiger charge is 2.14. The molecule has 9 nitrogen and oxygen atoms in total. The number of anilines is 1. The lowest BCUT2D eigenvalue weighted by atomic mass is 10.2. The van der Waals surface area contributed by atoms with E-state index in [1.165, 1.54) is 13.1 Å². The van der Waals surface area contributed by atoms with E-state index in [2.05, 4.69) is 42.0 Å². The number of halogens is 1. The van der Waals surface area contributed by atoms with Gasteiger partial charge < -0.3 is 5.32 Å². The van der Waals surface area contributed by atoms with E-state index in [1.807, 2.05) is 29.2 Å². The molecule has 0 radical (unpaired) electrons. The Morgan fingerprint density at radius 2 is 2.13 bits per heavy atom. The number of rotatable bonds is 5. The van der Waals surface area contributed by atoms with Crippen LogP contribution in [0.15, 0.2) is 43.4 Å². The topological polar surface area (TPSA) is 132 Å². The van der Waals surface area contributed by atoms with Crippen molar-refractivity contribution in [1.29, 1.82) is 0 Å². The highest BCUT2D eigenvalue weighted by Crippen LogP contribution is 2.13. The zero-order valence-electron chi connectivity index (χ0n) is 12.0. The minimum atomic E-state index is -0.786. The Hall–Kier alpha value is -2.75. The molecule has 0 spiro atoms. The number of nitrogens with one attached hydrogen (secondary N) is 4. The van der Waals surface area contributed by atoms with Crippen molar-refractivity contribution < 1.29 is 4.79 Å². The number of hydrogen-bond acceptors (Lipinski definition) is 6. The summed E-state index contributed by atoms with van der Waals surface area (Å²) in [6.45, 7) is 1.52. The normalized spacial score (nSPS) is 12.1. The summed E-state index contributed by atoms with van der Waals surface area (Å²) in [7, 11) is 0. The number of nitrogens with zero attached hydrogens (tertiary/aromatic N) is 2. The molecule has 0 aliphatic rings. The third-order valence-electron chi connectivity index (χ3n) is 2.74. The third-order valence-corrected chi connectivity index (χ3v) is 3.46. The van der Waals surface area contributed by atoms with Crippen molar-refractivity contribution in [2.75, 3.05) is 5.32 Å². The van der Waals surface area contributed by atoms with Gasteiger partial charge >= 0.3 is 5.69 Å². The fourth-order valence-corrected chi connectivity index (χ4v) is 1.95. The van der Waals surface area contributed by atoms with Crippen LogP contribution in [0.4, 0.5) is 5.82 Å². The number of benzene rings is 1. The first kappa shape index (κ1) is 16.6. The molecule has 0 fully saturated rings. The summed E-state index contributed by atoms with van der Waals surface area (Å²) in [5.74, 6) is -0.636. The van der Waals surface area contributed by atoms with Gasteiger partial charge in [-0.3, -0.25) is 14.6 Å². The van der Waals surface area contributed by atoms with Gasteiger partial charge in [-0.05, 0) is 13.0 Å². The van der Waals surface area contributed by atoms with E-state index in [0.717, 1.165) is 10.0 Å². The quantitative estimate of drug-likeness (QED) is 0.433. The van der Waals surface area contributed by atoms with E-state index in [0.29, 0.717) is 0 Å². The molecule has 0 bridgehead atoms. The van der Waals surface area contributed by atoms with Gasteiger partial charge in [0.15, 0.2) is 0 Å². The van der Waals surface area contributed by atoms with Crippen molar-refractivity contribution in [2.45, 2.75) is 13.0 Å². The molecule has 2 aromatic rings. The van der Waals surface area contributed by atoms with E-state index in [4.69, 9.17) is 0 Å². The highest BCUT2D eigenvalue weighted by atomic mass is 79.9. The molecule has 120 valence electrons. The van der Waals surface area contributed by atoms with Crippen LogP contribution in [-0.4, -0.2) is 33.3 Å². The largest absolute Gasteiger partial charge is 0.353 e. The maximum absolute atomic E-state index is 11.9. The number of carbonyl (C=O) groups is 1. The third kappa shape index (κ3) is 4.61. The molecule has 0 saturated heterocycles. The molecule has 1 atom stereocenters. The average molecular weight is 381 g/mol. The van der Waals surface area contributed by atoms with Crippen LogP contribution in [0.2, 0.25) is 0 Å². The summed E-state index contributed by atoms with van der Waals surface area (Å²) in [4.78, 5) is 36.2. The number of H-pyrrole nitrogens is 2. The van der Waals surface area contributed by atoms with Crippen molar-refractivity contribution in [2.24, 2.45) is 5.10 Å². The Kier molecular flexibility index (Phi) is 5.41. The van der Waals surface area contributed by atoms with Crippen LogP contribution < -0.4 is 22.0 Å². The molecule has 1 aromatic heterocycles. The van der Waals surface area contributed by atoms with Crippen molar-refractivity contribution in [3.63, 3.8) is 0 Å². The molecule has 0 aliphatic carbocycles. The highest BCUT2D eigenvalue weighted by molar-refractivity contribution is 9.10. The zero-order valence-corrected chi connectivity index (χ0v) is 13.5. The molecule has 4 N–H and O–H groups in total. The fourth-order valence-electron chi connectivity index (χ4n) is 1.56. The van der Waals surface area contributed by atoms with Crippen LogP contribution in [0.3, 0.4) is 0 Å². The molecule has 1 unspecified atom stereocenters. The number of aromatic amines is 2. The first-order valence-electron chi connectivity index (χ1n) is 6.50. The summed E-state index contributed by atoms with van der Waals surface area (Å²) in [5, 5.41) is 12.0. The molecule has 23 heavy (non-hydrogen) atoms. The standard InChI is InChI=1S/C13H13BrN6O3/c1-7(16-10-12(22)17-13(23)20-18-10)11(21)19-15-6-8-4-2-3-5-9(8)14/h2-7H,1H3,(H,16,18)(H,19,21)(H2,17,20,22,23)/b15-6+. The van der Waals surface area contributed by atoms with Crippen LogP contribution in [-0.2, 0) is 4.79 Å². The van der Waals surface area contributed by atoms with Gasteiger partial charge in [-0.25, -0.2) is 15.3 Å². The Balaban J connectivity index is 1.96. The summed E-state index contributed by atoms with van der Waals surface area (Å²) >= 11 is 3.36. The van der Waals surface area contributed by atoms with Crippen LogP contribution in [0.25, 0.3) is 0 Å². The van der Waals surface area contributed by atoms with E-state index in [1.54, 1.807) is 0 Å². The molecule has 2 rings (SSSR count). The second kappa shape index (κ2) is 7.49. The molecule has 1 amide bonds. The first-order chi connectivity index (χ1) is 11.0. The van der Waals surface area contributed by atoms with Crippen LogP contribution in [0.5, 0.6) is 0 Å². The van der Waals surface area contributed by atoms with Crippen LogP contribution >= 0.6 is 15.9 Å². The fraction of sp³-hybridized carbons (Fsp3) is 0.154. The lowest BCUT2D eigenvalue weighted by molar-refractivity contribution is -0.121. The summed E-state index contributed by atoms with van der Waals surface area (Å²) in [6.07, 6.45) is 1.49.